The maximum Gasteiger partial charge on any atom is 0.238 e. The summed E-state index contributed by atoms with van der Waals surface area (Å²) in [5, 5.41) is 7.73. The minimum atomic E-state index is -0.336. The number of aryl methyl sites for hydroxylation is 1. The highest BCUT2D eigenvalue weighted by Crippen LogP contribution is 2.36. The van der Waals surface area contributed by atoms with Crippen LogP contribution in [0.4, 0.5) is 10.1 Å². The van der Waals surface area contributed by atoms with Gasteiger partial charge in [-0.05, 0) is 75.3 Å². The van der Waals surface area contributed by atoms with E-state index in [9.17, 15) is 9.18 Å². The van der Waals surface area contributed by atoms with Gasteiger partial charge in [-0.2, -0.15) is 5.10 Å². The fourth-order valence-corrected chi connectivity index (χ4v) is 5.05. The average molecular weight is 482 g/mol. The maximum atomic E-state index is 13.1. The lowest BCUT2D eigenvalue weighted by Gasteiger charge is -2.30. The second-order valence-electron chi connectivity index (χ2n) is 9.38. The Kier molecular flexibility index (Phi) is 7.58. The summed E-state index contributed by atoms with van der Waals surface area (Å²) >= 11 is 5.93. The summed E-state index contributed by atoms with van der Waals surface area (Å²) in [5.74, 6) is 0.897. The lowest BCUT2D eigenvalue weighted by molar-refractivity contribution is -0.117. The molecule has 1 saturated carbocycles. The van der Waals surface area contributed by atoms with E-state index in [1.165, 1.54) is 37.0 Å². The molecule has 0 unspecified atom stereocenters. The zero-order valence-corrected chi connectivity index (χ0v) is 20.8. The van der Waals surface area contributed by atoms with Gasteiger partial charge < -0.3 is 5.32 Å². The van der Waals surface area contributed by atoms with Gasteiger partial charge in [-0.25, -0.2) is 9.07 Å². The quantitative estimate of drug-likeness (QED) is 0.433. The summed E-state index contributed by atoms with van der Waals surface area (Å²) in [6, 6.07) is 14.4. The van der Waals surface area contributed by atoms with Crippen molar-refractivity contribution in [2.24, 2.45) is 5.92 Å². The molecule has 1 heterocycles. The Labute approximate surface area is 205 Å². The van der Waals surface area contributed by atoms with Gasteiger partial charge in [-0.3, -0.25) is 14.3 Å². The Bertz CT molecular complexity index is 1200. The number of nitrogens with one attached hydrogen (secondary N) is 1. The van der Waals surface area contributed by atoms with Crippen molar-refractivity contribution in [1.82, 2.24) is 19.2 Å². The number of carbonyl (C=O) groups is 1. The van der Waals surface area contributed by atoms with Crippen molar-refractivity contribution in [1.29, 1.82) is 0 Å². The van der Waals surface area contributed by atoms with Gasteiger partial charge in [0.15, 0.2) is 10.6 Å². The summed E-state index contributed by atoms with van der Waals surface area (Å²) in [7, 11) is 1.86. The predicted molar refractivity (Wildman–Crippen MR) is 136 cm³/mol. The highest BCUT2D eigenvalue weighted by atomic mass is 32.1. The first-order valence-electron chi connectivity index (χ1n) is 11.8. The van der Waals surface area contributed by atoms with Gasteiger partial charge in [-0.1, -0.05) is 43.5 Å². The minimum absolute atomic E-state index is 0.158. The van der Waals surface area contributed by atoms with E-state index in [4.69, 9.17) is 17.3 Å². The smallest absolute Gasteiger partial charge is 0.238 e. The van der Waals surface area contributed by atoms with Crippen molar-refractivity contribution in [2.75, 3.05) is 18.9 Å². The number of anilines is 1. The van der Waals surface area contributed by atoms with Crippen LogP contribution in [0.15, 0.2) is 48.5 Å². The summed E-state index contributed by atoms with van der Waals surface area (Å²) in [6.45, 7) is 4.93. The molecule has 0 radical (unpaired) electrons. The highest BCUT2D eigenvalue weighted by Gasteiger charge is 2.28. The van der Waals surface area contributed by atoms with Crippen molar-refractivity contribution in [2.45, 2.75) is 52.2 Å². The van der Waals surface area contributed by atoms with Crippen LogP contribution in [-0.2, 0) is 11.5 Å². The average Bonchev–Trinajstić information content (AvgIpc) is 3.11. The summed E-state index contributed by atoms with van der Waals surface area (Å²) in [6.07, 6.45) is 4.73. The Morgan fingerprint density at radius 3 is 2.65 bits per heavy atom. The second kappa shape index (κ2) is 10.6. The molecule has 2 aromatic carbocycles. The number of amides is 1. The van der Waals surface area contributed by atoms with Crippen LogP contribution in [0.25, 0.3) is 11.4 Å². The maximum absolute atomic E-state index is 13.1. The molecular formula is C26H32FN5OS. The topological polar surface area (TPSA) is 55.1 Å². The summed E-state index contributed by atoms with van der Waals surface area (Å²) in [4.78, 5) is 14.4. The van der Waals surface area contributed by atoms with E-state index in [0.29, 0.717) is 29.1 Å². The monoisotopic (exact) mass is 481 g/mol. The molecule has 3 aromatic rings. The molecule has 8 heteroatoms. The second-order valence-corrected chi connectivity index (χ2v) is 9.75. The molecule has 0 aliphatic heterocycles. The number of rotatable bonds is 7. The molecule has 1 N–H and O–H groups in total. The zero-order chi connectivity index (χ0) is 24.2. The Hall–Kier alpha value is -2.84. The van der Waals surface area contributed by atoms with Crippen molar-refractivity contribution >= 4 is 23.8 Å². The molecule has 1 fully saturated rings. The van der Waals surface area contributed by atoms with Crippen LogP contribution in [0.2, 0.25) is 0 Å². The van der Waals surface area contributed by atoms with Gasteiger partial charge in [-0.15, -0.1) is 0 Å². The van der Waals surface area contributed by atoms with E-state index in [1.807, 2.05) is 22.7 Å². The third-order valence-corrected chi connectivity index (χ3v) is 6.87. The number of hydrogen-bond acceptors (Lipinski definition) is 4. The molecule has 0 bridgehead atoms. The van der Waals surface area contributed by atoms with Crippen LogP contribution in [0.3, 0.4) is 0 Å². The number of halogens is 1. The molecule has 6 nitrogen and oxygen atoms in total. The van der Waals surface area contributed by atoms with Gasteiger partial charge in [0.25, 0.3) is 0 Å². The molecule has 4 rings (SSSR count). The van der Waals surface area contributed by atoms with E-state index >= 15 is 0 Å². The van der Waals surface area contributed by atoms with Crippen LogP contribution < -0.4 is 5.32 Å². The number of aromatic nitrogens is 3. The lowest BCUT2D eigenvalue weighted by atomic mass is 9.85. The van der Waals surface area contributed by atoms with Crippen LogP contribution in [0.1, 0.15) is 44.2 Å². The first-order valence-corrected chi connectivity index (χ1v) is 12.2. The van der Waals surface area contributed by atoms with E-state index in [2.05, 4.69) is 41.9 Å². The molecule has 1 aliphatic carbocycles. The van der Waals surface area contributed by atoms with Crippen molar-refractivity contribution in [3.63, 3.8) is 0 Å². The van der Waals surface area contributed by atoms with E-state index < -0.39 is 0 Å². The SMILES string of the molecule is Cc1cccc(-c2nn(CN(C)CC(=O)Nc3ccc(F)cc3)c(=S)n2[C@H]2CCCC[C@H]2C)c1. The summed E-state index contributed by atoms with van der Waals surface area (Å²) in [5.41, 5.74) is 2.80. The fourth-order valence-electron chi connectivity index (χ4n) is 4.73. The van der Waals surface area contributed by atoms with E-state index in [0.717, 1.165) is 17.8 Å². The van der Waals surface area contributed by atoms with Crippen molar-refractivity contribution in [3.8, 4) is 11.4 Å². The molecule has 1 aliphatic rings. The largest absolute Gasteiger partial charge is 0.325 e. The standard InChI is InChI=1S/C26H32FN5OS/c1-18-7-6-9-20(15-18)25-29-31(26(34)32(25)23-10-5-4-8-19(23)2)17-30(3)16-24(33)28-22-13-11-21(27)12-14-22/h6-7,9,11-15,19,23H,4-5,8,10,16-17H2,1-3H3,(H,28,33)/t19-,23+/m1/s1. The summed E-state index contributed by atoms with van der Waals surface area (Å²) < 4.78 is 17.8. The highest BCUT2D eigenvalue weighted by molar-refractivity contribution is 7.71. The van der Waals surface area contributed by atoms with Gasteiger partial charge in [0.2, 0.25) is 5.91 Å². The van der Waals surface area contributed by atoms with Crippen molar-refractivity contribution in [3.05, 3.63) is 64.7 Å². The molecule has 0 saturated heterocycles. The molecular weight excluding hydrogens is 449 g/mol. The number of benzene rings is 2. The van der Waals surface area contributed by atoms with Crippen LogP contribution >= 0.6 is 12.2 Å². The van der Waals surface area contributed by atoms with Crippen LogP contribution in [0, 0.1) is 23.4 Å². The predicted octanol–water partition coefficient (Wildman–Crippen LogP) is 5.81. The number of nitrogens with zero attached hydrogens (tertiary/aromatic N) is 4. The van der Waals surface area contributed by atoms with Crippen LogP contribution in [-0.4, -0.2) is 38.7 Å². The van der Waals surface area contributed by atoms with Gasteiger partial charge in [0.05, 0.1) is 13.2 Å². The molecule has 2 atom stereocenters. The van der Waals surface area contributed by atoms with Gasteiger partial charge in [0.1, 0.15) is 5.82 Å². The van der Waals surface area contributed by atoms with Crippen LogP contribution in [0.5, 0.6) is 0 Å². The molecule has 1 amide bonds. The Balaban J connectivity index is 1.56. The van der Waals surface area contributed by atoms with Gasteiger partial charge in [0, 0.05) is 17.3 Å². The normalized spacial score (nSPS) is 18.3. The lowest BCUT2D eigenvalue weighted by Crippen LogP contribution is -2.32. The number of carbonyl (C=O) groups excluding carboxylic acids is 1. The Morgan fingerprint density at radius 2 is 1.94 bits per heavy atom. The van der Waals surface area contributed by atoms with Crippen molar-refractivity contribution < 1.29 is 9.18 Å². The molecule has 34 heavy (non-hydrogen) atoms. The van der Waals surface area contributed by atoms with E-state index in [-0.39, 0.29) is 18.3 Å². The number of hydrogen-bond donors (Lipinski definition) is 1. The van der Waals surface area contributed by atoms with E-state index in [1.54, 1.807) is 12.1 Å². The first kappa shape index (κ1) is 24.3. The first-order chi connectivity index (χ1) is 16.3. The molecule has 180 valence electrons. The zero-order valence-electron chi connectivity index (χ0n) is 20.0. The van der Waals surface area contributed by atoms with Gasteiger partial charge >= 0.3 is 0 Å². The third-order valence-electron chi connectivity index (χ3n) is 6.46. The minimum Gasteiger partial charge on any atom is -0.325 e. The molecule has 1 aromatic heterocycles. The molecule has 0 spiro atoms. The third kappa shape index (κ3) is 5.62. The fraction of sp³-hybridized carbons (Fsp3) is 0.423. The Morgan fingerprint density at radius 1 is 1.21 bits per heavy atom. The number of likely N-dealkylation sites (N-methyl/N-ethyl adjacent to an activating group) is 1.